The third-order valence-corrected chi connectivity index (χ3v) is 12.4. The molecule has 8 aromatic carbocycles. The summed E-state index contributed by atoms with van der Waals surface area (Å²) < 4.78 is 3.68. The molecule has 0 saturated heterocycles. The molecule has 0 aliphatic rings. The van der Waals surface area contributed by atoms with Crippen molar-refractivity contribution in [2.75, 3.05) is 0 Å². The Kier molecular flexibility index (Phi) is 7.18. The molecular formula is C48H28N4S2. The number of fused-ring (bicyclic) bond motifs is 7. The summed E-state index contributed by atoms with van der Waals surface area (Å²) in [6.07, 6.45) is 0. The first kappa shape index (κ1) is 31.0. The predicted molar refractivity (Wildman–Crippen MR) is 228 cm³/mol. The van der Waals surface area contributed by atoms with Crippen molar-refractivity contribution in [3.05, 3.63) is 170 Å². The molecule has 0 fully saturated rings. The summed E-state index contributed by atoms with van der Waals surface area (Å²) in [5.74, 6) is 1.97. The summed E-state index contributed by atoms with van der Waals surface area (Å²) in [7, 11) is 0. The van der Waals surface area contributed by atoms with E-state index in [1.807, 2.05) is 24.3 Å². The van der Waals surface area contributed by atoms with Crippen LogP contribution < -0.4 is 0 Å². The second-order valence-electron chi connectivity index (χ2n) is 13.4. The maximum Gasteiger partial charge on any atom is 0.164 e. The Morgan fingerprint density at radius 1 is 0.352 bits per heavy atom. The van der Waals surface area contributed by atoms with Gasteiger partial charge in [-0.05, 0) is 51.6 Å². The van der Waals surface area contributed by atoms with Crippen molar-refractivity contribution < 1.29 is 0 Å². The summed E-state index contributed by atoms with van der Waals surface area (Å²) in [5.41, 5.74) is 7.39. The number of rotatable bonds is 5. The van der Waals surface area contributed by atoms with E-state index in [0.717, 1.165) is 49.1 Å². The van der Waals surface area contributed by atoms with Crippen LogP contribution in [0.1, 0.15) is 0 Å². The van der Waals surface area contributed by atoms with Crippen molar-refractivity contribution >= 4 is 74.6 Å². The Bertz CT molecular complexity index is 3220. The smallest absolute Gasteiger partial charge is 0.164 e. The van der Waals surface area contributed by atoms with Gasteiger partial charge in [0.25, 0.3) is 0 Å². The number of hydrogen-bond donors (Lipinski definition) is 0. The number of hydrogen-bond acceptors (Lipinski definition) is 6. The van der Waals surface area contributed by atoms with E-state index in [1.54, 1.807) is 22.7 Å². The van der Waals surface area contributed by atoms with E-state index < -0.39 is 0 Å². The van der Waals surface area contributed by atoms with Crippen LogP contribution in [0.25, 0.3) is 108 Å². The summed E-state index contributed by atoms with van der Waals surface area (Å²) in [4.78, 5) is 20.6. The second-order valence-corrected chi connectivity index (χ2v) is 15.5. The number of nitrogens with zero attached hydrogens (tertiary/aromatic N) is 4. The fourth-order valence-corrected chi connectivity index (χ4v) is 9.86. The average molecular weight is 725 g/mol. The molecule has 3 aromatic heterocycles. The summed E-state index contributed by atoms with van der Waals surface area (Å²) in [6.45, 7) is 0. The van der Waals surface area contributed by atoms with Crippen LogP contribution in [0.4, 0.5) is 0 Å². The first-order valence-electron chi connectivity index (χ1n) is 17.9. The normalized spacial score (nSPS) is 11.7. The van der Waals surface area contributed by atoms with E-state index >= 15 is 0 Å². The molecule has 0 bridgehead atoms. The minimum absolute atomic E-state index is 0.650. The maximum atomic E-state index is 5.24. The molecule has 0 radical (unpaired) electrons. The number of benzene rings is 8. The fourth-order valence-electron chi connectivity index (χ4n) is 7.64. The van der Waals surface area contributed by atoms with Crippen molar-refractivity contribution in [1.82, 2.24) is 19.9 Å². The molecule has 252 valence electrons. The van der Waals surface area contributed by atoms with Crippen LogP contribution in [0.5, 0.6) is 0 Å². The number of thiophene rings is 1. The van der Waals surface area contributed by atoms with Gasteiger partial charge in [-0.2, -0.15) is 0 Å². The van der Waals surface area contributed by atoms with Crippen molar-refractivity contribution in [2.45, 2.75) is 0 Å². The van der Waals surface area contributed by atoms with Crippen LogP contribution >= 0.6 is 22.7 Å². The molecular weight excluding hydrogens is 697 g/mol. The number of thiazole rings is 1. The van der Waals surface area contributed by atoms with Gasteiger partial charge in [-0.3, -0.25) is 0 Å². The second kappa shape index (κ2) is 12.5. The Balaban J connectivity index is 1.09. The van der Waals surface area contributed by atoms with E-state index in [1.165, 1.54) is 41.2 Å². The van der Waals surface area contributed by atoms with Crippen molar-refractivity contribution in [2.24, 2.45) is 0 Å². The molecule has 3 heterocycles. The van der Waals surface area contributed by atoms with E-state index in [4.69, 9.17) is 19.9 Å². The van der Waals surface area contributed by atoms with Crippen LogP contribution in [-0.4, -0.2) is 19.9 Å². The molecule has 0 N–H and O–H groups in total. The molecule has 0 amide bonds. The van der Waals surface area contributed by atoms with E-state index in [-0.39, 0.29) is 0 Å². The maximum absolute atomic E-state index is 5.24. The van der Waals surface area contributed by atoms with Gasteiger partial charge in [-0.25, -0.2) is 19.9 Å². The lowest BCUT2D eigenvalue weighted by Crippen LogP contribution is -2.00. The molecule has 0 spiro atoms. The zero-order valence-electron chi connectivity index (χ0n) is 28.8. The monoisotopic (exact) mass is 724 g/mol. The highest BCUT2D eigenvalue weighted by atomic mass is 32.1. The molecule has 11 rings (SSSR count). The number of aromatic nitrogens is 4. The lowest BCUT2D eigenvalue weighted by Gasteiger charge is -2.13. The fraction of sp³-hybridized carbons (Fsp3) is 0. The highest BCUT2D eigenvalue weighted by Gasteiger charge is 2.19. The summed E-state index contributed by atoms with van der Waals surface area (Å²) in [6, 6.07) is 59.7. The highest BCUT2D eigenvalue weighted by Crippen LogP contribution is 2.42. The van der Waals surface area contributed by atoms with Gasteiger partial charge in [-0.15, -0.1) is 22.7 Å². The van der Waals surface area contributed by atoms with Crippen molar-refractivity contribution in [3.8, 4) is 55.9 Å². The molecule has 0 atom stereocenters. The molecule has 11 aromatic rings. The summed E-state index contributed by atoms with van der Waals surface area (Å²) in [5, 5.41) is 8.07. The Hall–Kier alpha value is -6.60. The average Bonchev–Trinajstić information content (AvgIpc) is 3.86. The van der Waals surface area contributed by atoms with E-state index in [2.05, 4.69) is 146 Å². The molecule has 54 heavy (non-hydrogen) atoms. The molecule has 0 unspecified atom stereocenters. The predicted octanol–water partition coefficient (Wildman–Crippen LogP) is 13.5. The molecule has 4 nitrogen and oxygen atoms in total. The lowest BCUT2D eigenvalue weighted by molar-refractivity contribution is 1.08. The molecule has 0 aliphatic heterocycles. The summed E-state index contributed by atoms with van der Waals surface area (Å²) >= 11 is 3.56. The first-order valence-corrected chi connectivity index (χ1v) is 19.5. The lowest BCUT2D eigenvalue weighted by atomic mass is 9.94. The van der Waals surface area contributed by atoms with Gasteiger partial charge in [0, 0.05) is 47.8 Å². The van der Waals surface area contributed by atoms with Crippen molar-refractivity contribution in [1.29, 1.82) is 0 Å². The van der Waals surface area contributed by atoms with Crippen LogP contribution in [0.15, 0.2) is 170 Å². The minimum Gasteiger partial charge on any atom is -0.236 e. The third-order valence-electron chi connectivity index (χ3n) is 10.2. The Morgan fingerprint density at radius 3 is 1.83 bits per heavy atom. The SMILES string of the molecule is c1ccc(-c2nc(-c3cccc4cc(-c5cc6nc(-c7ccccc7)sc6c6ccccc56)ccc34)nc(-c3cccc4sc5ccccc5c34)n2)cc1. The topological polar surface area (TPSA) is 51.6 Å². The highest BCUT2D eigenvalue weighted by molar-refractivity contribution is 7.26. The third kappa shape index (κ3) is 5.11. The van der Waals surface area contributed by atoms with Crippen LogP contribution in [0.2, 0.25) is 0 Å². The van der Waals surface area contributed by atoms with Crippen LogP contribution in [-0.2, 0) is 0 Å². The van der Waals surface area contributed by atoms with Gasteiger partial charge in [0.15, 0.2) is 17.5 Å². The van der Waals surface area contributed by atoms with Gasteiger partial charge in [0.05, 0.1) is 10.2 Å². The van der Waals surface area contributed by atoms with E-state index in [0.29, 0.717) is 17.5 Å². The zero-order chi connectivity index (χ0) is 35.6. The minimum atomic E-state index is 0.650. The van der Waals surface area contributed by atoms with E-state index in [9.17, 15) is 0 Å². The van der Waals surface area contributed by atoms with Gasteiger partial charge in [0.2, 0.25) is 0 Å². The molecule has 6 heteroatoms. The van der Waals surface area contributed by atoms with Gasteiger partial charge < -0.3 is 0 Å². The van der Waals surface area contributed by atoms with Gasteiger partial charge in [0.1, 0.15) is 5.01 Å². The largest absolute Gasteiger partial charge is 0.236 e. The quantitative estimate of drug-likeness (QED) is 0.177. The van der Waals surface area contributed by atoms with Gasteiger partial charge >= 0.3 is 0 Å². The Morgan fingerprint density at radius 2 is 1.00 bits per heavy atom. The first-order chi connectivity index (χ1) is 26.7. The standard InChI is InChI=1S/C48H28N4S2/c1-3-13-29(14-4-1)45-50-46(52-47(51-45)38-22-12-24-42-43(38)37-20-9-10-23-41(37)53-42)36-21-11-17-31-27-32(25-26-33(31)36)39-28-40-44(35-19-8-7-18-34(35)39)54-48(49-40)30-15-5-2-6-16-30/h1-28H. The van der Waals surface area contributed by atoms with Crippen molar-refractivity contribution in [3.63, 3.8) is 0 Å². The van der Waals surface area contributed by atoms with Crippen LogP contribution in [0.3, 0.4) is 0 Å². The zero-order valence-corrected chi connectivity index (χ0v) is 30.4. The van der Waals surface area contributed by atoms with Crippen LogP contribution in [0, 0.1) is 0 Å². The molecule has 0 aliphatic carbocycles. The molecule has 0 saturated carbocycles. The van der Waals surface area contributed by atoms with Gasteiger partial charge in [-0.1, -0.05) is 146 Å². The Labute approximate surface area is 318 Å².